The Morgan fingerprint density at radius 1 is 1.17 bits per heavy atom. The van der Waals surface area contributed by atoms with Crippen LogP contribution in [0.5, 0.6) is 0 Å². The maximum atomic E-state index is 12.4. The van der Waals surface area contributed by atoms with Crippen molar-refractivity contribution in [3.05, 3.63) is 46.0 Å². The average Bonchev–Trinajstić information content (AvgIpc) is 3.25. The van der Waals surface area contributed by atoms with Crippen molar-refractivity contribution in [2.75, 3.05) is 44.7 Å². The Bertz CT molecular complexity index is 928. The highest BCUT2D eigenvalue weighted by atomic mass is 16.6. The molecule has 0 bridgehead atoms. The van der Waals surface area contributed by atoms with Crippen molar-refractivity contribution in [1.82, 2.24) is 19.4 Å². The van der Waals surface area contributed by atoms with Crippen LogP contribution < -0.4 is 10.6 Å². The van der Waals surface area contributed by atoms with Gasteiger partial charge in [-0.15, -0.1) is 0 Å². The van der Waals surface area contributed by atoms with E-state index in [1.54, 1.807) is 30.9 Å². The number of hydrogen-bond acceptors (Lipinski definition) is 6. The van der Waals surface area contributed by atoms with E-state index in [1.165, 1.54) is 16.8 Å². The average molecular weight is 418 g/mol. The van der Waals surface area contributed by atoms with E-state index in [-0.39, 0.29) is 23.7 Å². The fraction of sp³-hybridized carbons (Fsp3) is 0.474. The zero-order chi connectivity index (χ0) is 21.7. The zero-order valence-corrected chi connectivity index (χ0v) is 17.1. The SMILES string of the molecule is Cn1cc(NC(=O)c2cc([N+](=O)[O-])cn2C)cc1CC(=O)NCCN1CCOCC1. The lowest BCUT2D eigenvalue weighted by atomic mass is 10.3. The van der Waals surface area contributed by atoms with E-state index in [0.717, 1.165) is 38.5 Å². The van der Waals surface area contributed by atoms with E-state index < -0.39 is 10.8 Å². The van der Waals surface area contributed by atoms with Crippen molar-refractivity contribution in [2.24, 2.45) is 14.1 Å². The molecule has 0 aromatic carbocycles. The molecule has 1 saturated heterocycles. The highest BCUT2D eigenvalue weighted by Crippen LogP contribution is 2.18. The third-order valence-electron chi connectivity index (χ3n) is 5.00. The van der Waals surface area contributed by atoms with E-state index in [0.29, 0.717) is 12.2 Å². The molecule has 11 heteroatoms. The first-order chi connectivity index (χ1) is 14.3. The normalized spacial score (nSPS) is 14.5. The van der Waals surface area contributed by atoms with Gasteiger partial charge in [-0.25, -0.2) is 0 Å². The first kappa shape index (κ1) is 21.5. The minimum atomic E-state index is -0.547. The van der Waals surface area contributed by atoms with Crippen molar-refractivity contribution in [3.63, 3.8) is 0 Å². The summed E-state index contributed by atoms with van der Waals surface area (Å²) in [5.41, 5.74) is 1.28. The number of carbonyl (C=O) groups is 2. The molecule has 0 unspecified atom stereocenters. The maximum absolute atomic E-state index is 12.4. The molecule has 0 saturated carbocycles. The summed E-state index contributed by atoms with van der Waals surface area (Å²) >= 11 is 0. The van der Waals surface area contributed by atoms with E-state index in [1.807, 2.05) is 0 Å². The molecular formula is C19H26N6O5. The van der Waals surface area contributed by atoms with Crippen LogP contribution in [-0.2, 0) is 30.0 Å². The van der Waals surface area contributed by atoms with Crippen LogP contribution in [-0.4, -0.2) is 70.2 Å². The summed E-state index contributed by atoms with van der Waals surface area (Å²) in [5.74, 6) is -0.557. The van der Waals surface area contributed by atoms with Gasteiger partial charge < -0.3 is 24.5 Å². The second-order valence-corrected chi connectivity index (χ2v) is 7.22. The third-order valence-corrected chi connectivity index (χ3v) is 5.00. The lowest BCUT2D eigenvalue weighted by Crippen LogP contribution is -2.41. The maximum Gasteiger partial charge on any atom is 0.287 e. The molecule has 30 heavy (non-hydrogen) atoms. The monoisotopic (exact) mass is 418 g/mol. The third kappa shape index (κ3) is 5.45. The van der Waals surface area contributed by atoms with Crippen LogP contribution >= 0.6 is 0 Å². The van der Waals surface area contributed by atoms with Crippen LogP contribution in [0, 0.1) is 10.1 Å². The van der Waals surface area contributed by atoms with Crippen LogP contribution in [0.4, 0.5) is 11.4 Å². The Labute approximate surface area is 173 Å². The number of morpholine rings is 1. The summed E-state index contributed by atoms with van der Waals surface area (Å²) in [4.78, 5) is 37.3. The molecular weight excluding hydrogens is 392 g/mol. The molecule has 3 rings (SSSR count). The molecule has 0 atom stereocenters. The van der Waals surface area contributed by atoms with E-state index in [4.69, 9.17) is 4.74 Å². The largest absolute Gasteiger partial charge is 0.379 e. The van der Waals surface area contributed by atoms with Crippen molar-refractivity contribution in [2.45, 2.75) is 6.42 Å². The molecule has 2 amide bonds. The fourth-order valence-electron chi connectivity index (χ4n) is 3.33. The second-order valence-electron chi connectivity index (χ2n) is 7.22. The summed E-state index contributed by atoms with van der Waals surface area (Å²) in [6, 6.07) is 2.94. The van der Waals surface area contributed by atoms with Gasteiger partial charge in [-0.3, -0.25) is 24.6 Å². The lowest BCUT2D eigenvalue weighted by Gasteiger charge is -2.26. The molecule has 1 fully saturated rings. The van der Waals surface area contributed by atoms with Gasteiger partial charge in [0.2, 0.25) is 5.91 Å². The number of carbonyl (C=O) groups excluding carboxylic acids is 2. The first-order valence-electron chi connectivity index (χ1n) is 9.67. The van der Waals surface area contributed by atoms with Gasteiger partial charge in [0.1, 0.15) is 5.69 Å². The van der Waals surface area contributed by atoms with Crippen LogP contribution in [0.3, 0.4) is 0 Å². The Kier molecular flexibility index (Phi) is 6.85. The Hall–Kier alpha value is -3.18. The highest BCUT2D eigenvalue weighted by molar-refractivity contribution is 6.03. The van der Waals surface area contributed by atoms with Crippen molar-refractivity contribution < 1.29 is 19.2 Å². The van der Waals surface area contributed by atoms with Gasteiger partial charge in [-0.2, -0.15) is 0 Å². The van der Waals surface area contributed by atoms with Gasteiger partial charge in [-0.05, 0) is 6.07 Å². The molecule has 2 N–H and O–H groups in total. The minimum Gasteiger partial charge on any atom is -0.379 e. The Morgan fingerprint density at radius 3 is 2.57 bits per heavy atom. The number of nitrogens with one attached hydrogen (secondary N) is 2. The predicted molar refractivity (Wildman–Crippen MR) is 109 cm³/mol. The van der Waals surface area contributed by atoms with Gasteiger partial charge in [0.15, 0.2) is 0 Å². The number of ether oxygens (including phenoxy) is 1. The highest BCUT2D eigenvalue weighted by Gasteiger charge is 2.19. The topological polar surface area (TPSA) is 124 Å². The number of anilines is 1. The summed E-state index contributed by atoms with van der Waals surface area (Å²) in [5, 5.41) is 16.5. The van der Waals surface area contributed by atoms with Crippen LogP contribution in [0.25, 0.3) is 0 Å². The van der Waals surface area contributed by atoms with E-state index >= 15 is 0 Å². The van der Waals surface area contributed by atoms with Crippen LogP contribution in [0.2, 0.25) is 0 Å². The molecule has 2 aromatic heterocycles. The number of nitro groups is 1. The van der Waals surface area contributed by atoms with Gasteiger partial charge in [0.25, 0.3) is 11.6 Å². The number of rotatable bonds is 8. The molecule has 162 valence electrons. The van der Waals surface area contributed by atoms with Crippen molar-refractivity contribution in [3.8, 4) is 0 Å². The summed E-state index contributed by atoms with van der Waals surface area (Å²) in [7, 11) is 3.36. The van der Waals surface area contributed by atoms with Gasteiger partial charge in [0.05, 0.1) is 36.4 Å². The molecule has 2 aromatic rings. The predicted octanol–water partition coefficient (Wildman–Crippen LogP) is 0.515. The minimum absolute atomic E-state index is 0.0969. The molecule has 11 nitrogen and oxygen atoms in total. The second kappa shape index (κ2) is 9.55. The Morgan fingerprint density at radius 2 is 1.90 bits per heavy atom. The van der Waals surface area contributed by atoms with Gasteiger partial charge in [0, 0.05) is 58.2 Å². The Balaban J connectivity index is 1.52. The summed E-state index contributed by atoms with van der Waals surface area (Å²) < 4.78 is 8.47. The van der Waals surface area contributed by atoms with Crippen molar-refractivity contribution >= 4 is 23.2 Å². The van der Waals surface area contributed by atoms with Gasteiger partial charge >= 0.3 is 0 Å². The number of aromatic nitrogens is 2. The standard InChI is InChI=1S/C19H26N6O5/c1-22-12-14(21-19(27)17-10-16(25(28)29)13-23(17)2)9-15(22)11-18(26)20-3-4-24-5-7-30-8-6-24/h9-10,12-13H,3-8,11H2,1-2H3,(H,20,26)(H,21,27). The quantitative estimate of drug-likeness (QED) is 0.476. The lowest BCUT2D eigenvalue weighted by molar-refractivity contribution is -0.384. The molecule has 0 spiro atoms. The first-order valence-corrected chi connectivity index (χ1v) is 9.67. The zero-order valence-electron chi connectivity index (χ0n) is 17.1. The van der Waals surface area contributed by atoms with E-state index in [9.17, 15) is 19.7 Å². The summed E-state index contributed by atoms with van der Waals surface area (Å²) in [6.45, 7) is 4.55. The number of amides is 2. The smallest absolute Gasteiger partial charge is 0.287 e. The van der Waals surface area contributed by atoms with E-state index in [2.05, 4.69) is 15.5 Å². The molecule has 0 radical (unpaired) electrons. The number of aryl methyl sites for hydroxylation is 2. The van der Waals surface area contributed by atoms with Gasteiger partial charge in [-0.1, -0.05) is 0 Å². The van der Waals surface area contributed by atoms with Crippen molar-refractivity contribution in [1.29, 1.82) is 0 Å². The van der Waals surface area contributed by atoms with Crippen LogP contribution in [0.1, 0.15) is 16.2 Å². The molecule has 1 aliphatic heterocycles. The number of nitrogens with zero attached hydrogens (tertiary/aromatic N) is 4. The number of hydrogen-bond donors (Lipinski definition) is 2. The van der Waals surface area contributed by atoms with Crippen LogP contribution in [0.15, 0.2) is 24.5 Å². The molecule has 1 aliphatic rings. The summed E-state index contributed by atoms with van der Waals surface area (Å²) in [6.07, 6.45) is 3.17. The fourth-order valence-corrected chi connectivity index (χ4v) is 3.33. The molecule has 0 aliphatic carbocycles. The molecule has 3 heterocycles.